The summed E-state index contributed by atoms with van der Waals surface area (Å²) in [6.45, 7) is 0. The fraction of sp³-hybridized carbons (Fsp3) is 0.0233. The lowest BCUT2D eigenvalue weighted by atomic mass is 9.92. The summed E-state index contributed by atoms with van der Waals surface area (Å²) in [4.78, 5) is 5.09. The summed E-state index contributed by atoms with van der Waals surface area (Å²) < 4.78 is 0. The number of rotatable bonds is 5. The quantitative estimate of drug-likeness (QED) is 0.170. The first-order valence-corrected chi connectivity index (χ1v) is 19.5. The highest BCUT2D eigenvalue weighted by molar-refractivity contribution is 8.25. The molecule has 0 fully saturated rings. The smallest absolute Gasteiger partial charge is 0.0610 e. The number of para-hydroxylation sites is 1. The summed E-state index contributed by atoms with van der Waals surface area (Å²) in [7, 11) is 0. The van der Waals surface area contributed by atoms with Crippen molar-refractivity contribution < 1.29 is 0 Å². The SMILES string of the molecule is S=P(c1ccccc1)(c1ccccc1)c1cccc(-c2ccc3c(c2)N(c2ccccc2)c2cc4cccc5c4c(c2S3)CC=C5)c1. The van der Waals surface area contributed by atoms with E-state index in [1.54, 1.807) is 0 Å². The number of benzene rings is 7. The van der Waals surface area contributed by atoms with Crippen molar-refractivity contribution >= 4 is 79.4 Å². The fourth-order valence-corrected chi connectivity index (χ4v) is 12.1. The van der Waals surface area contributed by atoms with Crippen LogP contribution in [0.1, 0.15) is 11.1 Å². The van der Waals surface area contributed by atoms with E-state index in [9.17, 15) is 0 Å². The van der Waals surface area contributed by atoms with Gasteiger partial charge in [0.25, 0.3) is 0 Å². The van der Waals surface area contributed by atoms with Crippen LogP contribution in [0.15, 0.2) is 174 Å². The highest BCUT2D eigenvalue weighted by Gasteiger charge is 2.30. The first-order chi connectivity index (χ1) is 23.2. The molecule has 0 aromatic heterocycles. The van der Waals surface area contributed by atoms with E-state index in [0.717, 1.165) is 6.42 Å². The largest absolute Gasteiger partial charge is 0.308 e. The van der Waals surface area contributed by atoms with E-state index in [1.165, 1.54) is 75.8 Å². The van der Waals surface area contributed by atoms with Crippen LogP contribution >= 0.6 is 17.8 Å². The zero-order chi connectivity index (χ0) is 31.4. The first-order valence-electron chi connectivity index (χ1n) is 15.9. The van der Waals surface area contributed by atoms with Crippen molar-refractivity contribution in [2.24, 2.45) is 0 Å². The van der Waals surface area contributed by atoms with Crippen molar-refractivity contribution in [1.82, 2.24) is 0 Å². The Morgan fingerprint density at radius 1 is 0.574 bits per heavy atom. The molecular formula is C43H30NPS2. The van der Waals surface area contributed by atoms with Crippen molar-refractivity contribution in [3.63, 3.8) is 0 Å². The van der Waals surface area contributed by atoms with Gasteiger partial charge in [0.1, 0.15) is 0 Å². The standard InChI is InChI=1S/C43H30NPS2/c46-45(35-19-6-2-7-20-35,36-21-8-3-9-22-36)37-23-11-15-31(27-37)32-25-26-41-39(28-32)44(34-17-4-1-5-18-34)40-29-33-16-10-13-30-14-12-24-38(42(30)33)43(40)47-41/h1-23,25-29H,24H2. The lowest BCUT2D eigenvalue weighted by molar-refractivity contribution is 1.12. The zero-order valence-electron chi connectivity index (χ0n) is 25.6. The van der Waals surface area contributed by atoms with Crippen molar-refractivity contribution in [1.29, 1.82) is 0 Å². The molecule has 0 saturated heterocycles. The molecular weight excluding hydrogens is 626 g/mol. The van der Waals surface area contributed by atoms with Crippen LogP contribution in [0.4, 0.5) is 17.1 Å². The predicted molar refractivity (Wildman–Crippen MR) is 207 cm³/mol. The van der Waals surface area contributed by atoms with E-state index in [-0.39, 0.29) is 0 Å². The predicted octanol–water partition coefficient (Wildman–Crippen LogP) is 10.8. The molecule has 9 rings (SSSR count). The molecule has 4 heteroatoms. The first kappa shape index (κ1) is 28.6. The minimum Gasteiger partial charge on any atom is -0.308 e. The Labute approximate surface area is 285 Å². The average molecular weight is 656 g/mol. The zero-order valence-corrected chi connectivity index (χ0v) is 28.1. The lowest BCUT2D eigenvalue weighted by Crippen LogP contribution is -2.24. The Morgan fingerprint density at radius 3 is 1.98 bits per heavy atom. The van der Waals surface area contributed by atoms with E-state index in [4.69, 9.17) is 11.8 Å². The Kier molecular flexibility index (Phi) is 7.01. The van der Waals surface area contributed by atoms with Crippen molar-refractivity contribution in [3.05, 3.63) is 175 Å². The number of allylic oxidation sites excluding steroid dienone is 1. The van der Waals surface area contributed by atoms with E-state index >= 15 is 0 Å². The molecule has 0 saturated carbocycles. The minimum atomic E-state index is -2.27. The Hall–Kier alpha value is -4.66. The van der Waals surface area contributed by atoms with Crippen LogP contribution in [0.3, 0.4) is 0 Å². The molecule has 1 aliphatic carbocycles. The summed E-state index contributed by atoms with van der Waals surface area (Å²) in [5.74, 6) is 0. The van der Waals surface area contributed by atoms with Gasteiger partial charge in [-0.25, -0.2) is 0 Å². The van der Waals surface area contributed by atoms with Crippen molar-refractivity contribution in [3.8, 4) is 11.1 Å². The molecule has 0 atom stereocenters. The van der Waals surface area contributed by atoms with Gasteiger partial charge in [0.05, 0.1) is 11.4 Å². The van der Waals surface area contributed by atoms with Crippen LogP contribution < -0.4 is 20.8 Å². The third kappa shape index (κ3) is 4.73. The van der Waals surface area contributed by atoms with Crippen molar-refractivity contribution in [2.45, 2.75) is 16.2 Å². The highest BCUT2D eigenvalue weighted by atomic mass is 32.4. The molecule has 0 spiro atoms. The summed E-state index contributed by atoms with van der Waals surface area (Å²) in [5.41, 5.74) is 8.72. The normalized spacial score (nSPS) is 13.3. The van der Waals surface area contributed by atoms with Gasteiger partial charge >= 0.3 is 0 Å². The van der Waals surface area contributed by atoms with Gasteiger partial charge < -0.3 is 4.90 Å². The molecule has 1 aliphatic heterocycles. The number of hydrogen-bond acceptors (Lipinski definition) is 3. The summed E-state index contributed by atoms with van der Waals surface area (Å²) in [5, 5.41) is 6.30. The number of fused-ring (bicyclic) bond motifs is 3. The summed E-state index contributed by atoms with van der Waals surface area (Å²) in [6, 6.07) is 54.9. The van der Waals surface area contributed by atoms with Gasteiger partial charge in [-0.2, -0.15) is 0 Å². The summed E-state index contributed by atoms with van der Waals surface area (Å²) >= 11 is 8.61. The molecule has 1 nitrogen and oxygen atoms in total. The maximum absolute atomic E-state index is 6.71. The van der Waals surface area contributed by atoms with Crippen LogP contribution in [0.5, 0.6) is 0 Å². The highest BCUT2D eigenvalue weighted by Crippen LogP contribution is 2.55. The second kappa shape index (κ2) is 11.5. The molecule has 224 valence electrons. The Balaban J connectivity index is 1.21. The van der Waals surface area contributed by atoms with Gasteiger partial charge in [0, 0.05) is 21.5 Å². The van der Waals surface area contributed by atoms with E-state index in [2.05, 4.69) is 175 Å². The van der Waals surface area contributed by atoms with E-state index < -0.39 is 6.04 Å². The maximum atomic E-state index is 6.71. The van der Waals surface area contributed by atoms with Crippen LogP contribution in [0.25, 0.3) is 28.0 Å². The summed E-state index contributed by atoms with van der Waals surface area (Å²) in [6.07, 6.45) is 5.53. The van der Waals surface area contributed by atoms with E-state index in [0.29, 0.717) is 0 Å². The van der Waals surface area contributed by atoms with Gasteiger partial charge in [0.15, 0.2) is 0 Å². The Bertz CT molecular complexity index is 2340. The Morgan fingerprint density at radius 2 is 1.23 bits per heavy atom. The van der Waals surface area contributed by atoms with Gasteiger partial charge in [-0.1, -0.05) is 157 Å². The molecule has 7 aromatic rings. The third-order valence-electron chi connectivity index (χ3n) is 9.30. The molecule has 2 aliphatic rings. The van der Waals surface area contributed by atoms with Gasteiger partial charge in [-0.05, 0) is 91.8 Å². The van der Waals surface area contributed by atoms with Crippen LogP contribution in [-0.2, 0) is 18.2 Å². The second-order valence-electron chi connectivity index (χ2n) is 12.0. The van der Waals surface area contributed by atoms with Gasteiger partial charge in [-0.3, -0.25) is 0 Å². The monoisotopic (exact) mass is 655 g/mol. The molecule has 0 N–H and O–H groups in total. The second-order valence-corrected chi connectivity index (χ2v) is 17.5. The average Bonchev–Trinajstić information content (AvgIpc) is 3.15. The maximum Gasteiger partial charge on any atom is 0.0610 e. The number of hydrogen-bond donors (Lipinski definition) is 0. The van der Waals surface area contributed by atoms with Crippen molar-refractivity contribution in [2.75, 3.05) is 4.90 Å². The van der Waals surface area contributed by atoms with Crippen LogP contribution in [0, 0.1) is 0 Å². The molecule has 0 radical (unpaired) electrons. The topological polar surface area (TPSA) is 3.24 Å². The number of nitrogens with zero attached hydrogens (tertiary/aromatic N) is 1. The molecule has 1 heterocycles. The third-order valence-corrected chi connectivity index (χ3v) is 15.5. The van der Waals surface area contributed by atoms with Crippen LogP contribution in [-0.4, -0.2) is 0 Å². The number of anilines is 3. The minimum absolute atomic E-state index is 0.946. The molecule has 0 bridgehead atoms. The molecule has 7 aromatic carbocycles. The fourth-order valence-electron chi connectivity index (χ4n) is 7.11. The van der Waals surface area contributed by atoms with Gasteiger partial charge in [0.2, 0.25) is 0 Å². The van der Waals surface area contributed by atoms with Crippen LogP contribution in [0.2, 0.25) is 0 Å². The lowest BCUT2D eigenvalue weighted by Gasteiger charge is -2.35. The molecule has 0 amide bonds. The van der Waals surface area contributed by atoms with Gasteiger partial charge in [-0.15, -0.1) is 0 Å². The molecule has 47 heavy (non-hydrogen) atoms. The van der Waals surface area contributed by atoms with E-state index in [1.807, 2.05) is 11.8 Å². The molecule has 0 unspecified atom stereocenters.